The first-order valence-corrected chi connectivity index (χ1v) is 6.25. The van der Waals surface area contributed by atoms with Gasteiger partial charge in [-0.2, -0.15) is 0 Å². The lowest BCUT2D eigenvalue weighted by molar-refractivity contribution is -0.0551. The van der Waals surface area contributed by atoms with Gasteiger partial charge < -0.3 is 25.8 Å². The van der Waals surface area contributed by atoms with E-state index in [0.717, 1.165) is 4.57 Å². The number of aromatic nitrogens is 2. The molecule has 0 unspecified atom stereocenters. The highest BCUT2D eigenvalue weighted by Crippen LogP contribution is 2.27. The van der Waals surface area contributed by atoms with Crippen LogP contribution in [0, 0.1) is 0 Å². The second kappa shape index (κ2) is 5.82. The van der Waals surface area contributed by atoms with Gasteiger partial charge in [0.25, 0.3) is 5.56 Å². The molecule has 6 N–H and O–H groups in total. The number of H-pyrrole nitrogens is 1. The molecule has 0 saturated carbocycles. The molecule has 1 aliphatic rings. The molecule has 116 valence electrons. The van der Waals surface area contributed by atoms with Crippen molar-refractivity contribution in [2.24, 2.45) is 5.73 Å². The molecule has 1 fully saturated rings. The third-order valence-electron chi connectivity index (χ3n) is 3.25. The normalized spacial score (nSPS) is 28.7. The van der Waals surface area contributed by atoms with Gasteiger partial charge in [0.05, 0.1) is 6.61 Å². The summed E-state index contributed by atoms with van der Waals surface area (Å²) in [5.74, 6) is 0. The van der Waals surface area contributed by atoms with Gasteiger partial charge in [0.2, 0.25) is 0 Å². The number of aliphatic hydroxyl groups excluding tert-OH is 3. The molecule has 1 aromatic rings. The van der Waals surface area contributed by atoms with Crippen LogP contribution in [-0.4, -0.2) is 49.8 Å². The minimum absolute atomic E-state index is 0.0460. The number of nitrogens with two attached hydrogens (primary N) is 1. The predicted molar refractivity (Wildman–Crippen MR) is 71.4 cm³/mol. The molecule has 0 aliphatic carbocycles. The Kier molecular flexibility index (Phi) is 4.28. The maximum absolute atomic E-state index is 11.8. The lowest BCUT2D eigenvalue weighted by atomic mass is 10.1. The zero-order valence-electron chi connectivity index (χ0n) is 11.1. The van der Waals surface area contributed by atoms with Crippen LogP contribution in [0.2, 0.25) is 0 Å². The fourth-order valence-electron chi connectivity index (χ4n) is 2.20. The fraction of sp³-hybridized carbons (Fsp3) is 0.500. The summed E-state index contributed by atoms with van der Waals surface area (Å²) in [6.07, 6.45) is -3.75. The highest BCUT2D eigenvalue weighted by atomic mass is 16.6. The first-order chi connectivity index (χ1) is 9.85. The van der Waals surface area contributed by atoms with E-state index in [0.29, 0.717) is 0 Å². The minimum atomic E-state index is -1.42. The van der Waals surface area contributed by atoms with Crippen LogP contribution >= 0.6 is 0 Å². The number of nitrogens with one attached hydrogen (secondary N) is 1. The van der Waals surface area contributed by atoms with Gasteiger partial charge in [0.15, 0.2) is 6.23 Å². The lowest BCUT2D eigenvalue weighted by Gasteiger charge is -2.18. The van der Waals surface area contributed by atoms with Crippen LogP contribution < -0.4 is 17.0 Å². The number of hydrogen-bond acceptors (Lipinski definition) is 7. The Hall–Kier alpha value is -1.94. The molecule has 2 heterocycles. The first kappa shape index (κ1) is 15.4. The van der Waals surface area contributed by atoms with E-state index in [2.05, 4.69) is 11.6 Å². The smallest absolute Gasteiger partial charge is 0.330 e. The van der Waals surface area contributed by atoms with Crippen molar-refractivity contribution in [3.8, 4) is 0 Å². The fourth-order valence-corrected chi connectivity index (χ4v) is 2.20. The highest BCUT2D eigenvalue weighted by molar-refractivity contribution is 5.13. The molecule has 1 aromatic heterocycles. The number of hydrogen-bond donors (Lipinski definition) is 5. The monoisotopic (exact) mass is 299 g/mol. The lowest BCUT2D eigenvalue weighted by Crippen LogP contribution is -2.39. The van der Waals surface area contributed by atoms with E-state index in [9.17, 15) is 19.8 Å². The van der Waals surface area contributed by atoms with Crippen LogP contribution in [0.15, 0.2) is 28.1 Å². The van der Waals surface area contributed by atoms with Gasteiger partial charge >= 0.3 is 5.69 Å². The van der Waals surface area contributed by atoms with Crippen LogP contribution in [-0.2, 0) is 11.2 Å². The van der Waals surface area contributed by atoms with Gasteiger partial charge in [-0.1, -0.05) is 6.58 Å². The molecule has 9 nitrogen and oxygen atoms in total. The SMILES string of the molecule is C=C(N)Cc1cn([C@@H]2O[C@H](CO)[C@@H](O)[C@H]2O)c(=O)[nH]c1=O. The Morgan fingerprint density at radius 1 is 1.43 bits per heavy atom. The highest BCUT2D eigenvalue weighted by Gasteiger charge is 2.43. The molecule has 2 rings (SSSR count). The summed E-state index contributed by atoms with van der Waals surface area (Å²) in [5, 5.41) is 28.6. The number of nitrogens with zero attached hydrogens (tertiary/aromatic N) is 1. The number of ether oxygens (including phenoxy) is 1. The molecule has 1 aliphatic heterocycles. The standard InChI is InChI=1S/C12H17N3O6/c1-5(13)2-6-3-15(12(20)14-10(6)19)11-9(18)8(17)7(4-16)21-11/h3,7-9,11,16-18H,1-2,4,13H2,(H,14,19,20)/t7-,8-,9-,11-/m1/s1. The van der Waals surface area contributed by atoms with E-state index in [-0.39, 0.29) is 17.7 Å². The van der Waals surface area contributed by atoms with Gasteiger partial charge in [0.1, 0.15) is 18.3 Å². The van der Waals surface area contributed by atoms with Gasteiger partial charge in [-0.15, -0.1) is 0 Å². The average molecular weight is 299 g/mol. The number of allylic oxidation sites excluding steroid dienone is 1. The maximum atomic E-state index is 11.8. The van der Waals surface area contributed by atoms with E-state index in [1.807, 2.05) is 0 Å². The van der Waals surface area contributed by atoms with E-state index in [4.69, 9.17) is 15.6 Å². The molecular formula is C12H17N3O6. The van der Waals surface area contributed by atoms with E-state index in [1.54, 1.807) is 0 Å². The molecule has 21 heavy (non-hydrogen) atoms. The third-order valence-corrected chi connectivity index (χ3v) is 3.25. The molecule has 4 atom stereocenters. The van der Waals surface area contributed by atoms with Crippen molar-refractivity contribution in [2.75, 3.05) is 6.61 Å². The van der Waals surface area contributed by atoms with Gasteiger partial charge in [-0.05, 0) is 0 Å². The second-order valence-corrected chi connectivity index (χ2v) is 4.88. The topological polar surface area (TPSA) is 151 Å². The van der Waals surface area contributed by atoms with Gasteiger partial charge in [-0.3, -0.25) is 14.3 Å². The minimum Gasteiger partial charge on any atom is -0.402 e. The van der Waals surface area contributed by atoms with Crippen molar-refractivity contribution in [3.05, 3.63) is 44.9 Å². The largest absolute Gasteiger partial charge is 0.402 e. The summed E-state index contributed by atoms with van der Waals surface area (Å²) in [6.45, 7) is 2.96. The van der Waals surface area contributed by atoms with Crippen molar-refractivity contribution in [3.63, 3.8) is 0 Å². The van der Waals surface area contributed by atoms with Gasteiger partial charge in [-0.25, -0.2) is 4.79 Å². The summed E-state index contributed by atoms with van der Waals surface area (Å²) in [5.41, 5.74) is 4.41. The molecule has 0 spiro atoms. The van der Waals surface area contributed by atoms with E-state index >= 15 is 0 Å². The van der Waals surface area contributed by atoms with E-state index < -0.39 is 42.4 Å². The Morgan fingerprint density at radius 3 is 2.62 bits per heavy atom. The van der Waals surface area contributed by atoms with Crippen LogP contribution in [0.5, 0.6) is 0 Å². The Balaban J connectivity index is 2.42. The summed E-state index contributed by atoms with van der Waals surface area (Å²) >= 11 is 0. The van der Waals surface area contributed by atoms with Crippen LogP contribution in [0.3, 0.4) is 0 Å². The summed E-state index contributed by atoms with van der Waals surface area (Å²) < 4.78 is 6.19. The van der Waals surface area contributed by atoms with Crippen molar-refractivity contribution in [2.45, 2.75) is 31.0 Å². The molecule has 0 bridgehead atoms. The van der Waals surface area contributed by atoms with Crippen molar-refractivity contribution in [1.82, 2.24) is 9.55 Å². The van der Waals surface area contributed by atoms with Crippen LogP contribution in [0.25, 0.3) is 0 Å². The Labute approximate surface area is 118 Å². The third kappa shape index (κ3) is 2.90. The zero-order valence-corrected chi connectivity index (χ0v) is 11.1. The predicted octanol–water partition coefficient (Wildman–Crippen LogP) is -2.84. The summed E-state index contributed by atoms with van der Waals surface area (Å²) in [6, 6.07) is 0. The van der Waals surface area contributed by atoms with Crippen molar-refractivity contribution < 1.29 is 20.1 Å². The summed E-state index contributed by atoms with van der Waals surface area (Å²) in [7, 11) is 0. The number of aliphatic hydroxyl groups is 3. The zero-order chi connectivity index (χ0) is 15.7. The maximum Gasteiger partial charge on any atom is 0.330 e. The van der Waals surface area contributed by atoms with Gasteiger partial charge in [0, 0.05) is 23.9 Å². The molecule has 0 amide bonds. The average Bonchev–Trinajstić information content (AvgIpc) is 2.69. The number of aromatic amines is 1. The van der Waals surface area contributed by atoms with Crippen molar-refractivity contribution >= 4 is 0 Å². The quantitative estimate of drug-likeness (QED) is 0.402. The Morgan fingerprint density at radius 2 is 2.10 bits per heavy atom. The molecule has 9 heteroatoms. The number of rotatable bonds is 4. The van der Waals surface area contributed by atoms with Crippen molar-refractivity contribution in [1.29, 1.82) is 0 Å². The Bertz CT molecular complexity index is 651. The molecule has 0 aromatic carbocycles. The van der Waals surface area contributed by atoms with E-state index in [1.165, 1.54) is 6.20 Å². The van der Waals surface area contributed by atoms with Crippen LogP contribution in [0.4, 0.5) is 0 Å². The second-order valence-electron chi connectivity index (χ2n) is 4.88. The summed E-state index contributed by atoms with van der Waals surface area (Å²) in [4.78, 5) is 25.6. The molecule has 1 saturated heterocycles. The molecule has 0 radical (unpaired) electrons. The van der Waals surface area contributed by atoms with Crippen LogP contribution in [0.1, 0.15) is 11.8 Å². The first-order valence-electron chi connectivity index (χ1n) is 6.25. The molecular weight excluding hydrogens is 282 g/mol.